The molecule has 1 N–H and O–H groups in total. The summed E-state index contributed by atoms with van der Waals surface area (Å²) in [7, 11) is -2.29. The molecule has 7 nitrogen and oxygen atoms in total. The van der Waals surface area contributed by atoms with E-state index in [1.807, 2.05) is 13.8 Å². The number of aryl methyl sites for hydroxylation is 1. The van der Waals surface area contributed by atoms with E-state index in [2.05, 4.69) is 10.3 Å². The summed E-state index contributed by atoms with van der Waals surface area (Å²) in [6.07, 6.45) is 3.53. The molecule has 146 valence electrons. The molecule has 27 heavy (non-hydrogen) atoms. The smallest absolute Gasteiger partial charge is 0.264 e. The summed E-state index contributed by atoms with van der Waals surface area (Å²) in [5.41, 5.74) is 1.59. The maximum absolute atomic E-state index is 12.8. The molecule has 0 bridgehead atoms. The van der Waals surface area contributed by atoms with Gasteiger partial charge in [0.2, 0.25) is 0 Å². The van der Waals surface area contributed by atoms with E-state index in [0.717, 1.165) is 9.87 Å². The lowest BCUT2D eigenvalue weighted by molar-refractivity contribution is 0.0944. The largest absolute Gasteiger partial charge is 0.382 e. The van der Waals surface area contributed by atoms with Crippen molar-refractivity contribution in [3.05, 3.63) is 53.9 Å². The number of carbonyl (C=O) groups excluding carboxylic acids is 1. The van der Waals surface area contributed by atoms with Crippen molar-refractivity contribution in [3.63, 3.8) is 0 Å². The van der Waals surface area contributed by atoms with Gasteiger partial charge in [-0.15, -0.1) is 0 Å². The molecule has 2 aromatic rings. The first-order valence-electron chi connectivity index (χ1n) is 8.73. The molecule has 2 rings (SSSR count). The zero-order valence-corrected chi connectivity index (χ0v) is 16.6. The number of pyridine rings is 1. The second kappa shape index (κ2) is 9.48. The molecule has 1 amide bonds. The van der Waals surface area contributed by atoms with Gasteiger partial charge in [-0.2, -0.15) is 0 Å². The van der Waals surface area contributed by atoms with Crippen LogP contribution in [0.25, 0.3) is 0 Å². The van der Waals surface area contributed by atoms with Crippen molar-refractivity contribution in [2.24, 2.45) is 0 Å². The molecule has 0 spiro atoms. The molecule has 0 unspecified atom stereocenters. The van der Waals surface area contributed by atoms with Crippen LogP contribution in [0.1, 0.15) is 29.3 Å². The molecule has 0 saturated heterocycles. The first kappa shape index (κ1) is 20.9. The third-order valence-electron chi connectivity index (χ3n) is 3.98. The number of anilines is 1. The minimum Gasteiger partial charge on any atom is -0.382 e. The Kier molecular flexibility index (Phi) is 7.32. The topological polar surface area (TPSA) is 88.6 Å². The Balaban J connectivity index is 2.11. The van der Waals surface area contributed by atoms with E-state index < -0.39 is 10.0 Å². The van der Waals surface area contributed by atoms with Gasteiger partial charge in [0.15, 0.2) is 0 Å². The number of benzene rings is 1. The Morgan fingerprint density at radius 3 is 2.59 bits per heavy atom. The van der Waals surface area contributed by atoms with E-state index >= 15 is 0 Å². The van der Waals surface area contributed by atoms with Gasteiger partial charge in [-0.1, -0.05) is 17.7 Å². The van der Waals surface area contributed by atoms with Crippen LogP contribution in [0, 0.1) is 6.92 Å². The average Bonchev–Trinajstić information content (AvgIpc) is 2.67. The maximum atomic E-state index is 12.8. The van der Waals surface area contributed by atoms with Crippen LogP contribution in [-0.4, -0.2) is 46.1 Å². The number of hydrogen-bond acceptors (Lipinski definition) is 5. The normalized spacial score (nSPS) is 11.2. The van der Waals surface area contributed by atoms with Gasteiger partial charge in [0.25, 0.3) is 15.9 Å². The molecule has 1 aromatic heterocycles. The van der Waals surface area contributed by atoms with Gasteiger partial charge in [0.1, 0.15) is 0 Å². The Hall–Kier alpha value is -2.45. The van der Waals surface area contributed by atoms with E-state index in [1.54, 1.807) is 24.3 Å². The molecule has 0 atom stereocenters. The van der Waals surface area contributed by atoms with Crippen molar-refractivity contribution in [1.82, 2.24) is 10.3 Å². The summed E-state index contributed by atoms with van der Waals surface area (Å²) < 4.78 is 31.9. The number of nitrogens with one attached hydrogen (secondary N) is 1. The van der Waals surface area contributed by atoms with E-state index in [-0.39, 0.29) is 10.8 Å². The Morgan fingerprint density at radius 2 is 1.93 bits per heavy atom. The quantitative estimate of drug-likeness (QED) is 0.663. The molecule has 0 saturated carbocycles. The lowest BCUT2D eigenvalue weighted by Crippen LogP contribution is -2.28. The molecule has 0 radical (unpaired) electrons. The fourth-order valence-corrected chi connectivity index (χ4v) is 3.53. The monoisotopic (exact) mass is 391 g/mol. The van der Waals surface area contributed by atoms with E-state index in [1.165, 1.54) is 25.5 Å². The highest BCUT2D eigenvalue weighted by Gasteiger charge is 2.22. The number of aromatic nitrogens is 1. The van der Waals surface area contributed by atoms with Crippen LogP contribution < -0.4 is 9.62 Å². The van der Waals surface area contributed by atoms with E-state index in [9.17, 15) is 13.2 Å². The maximum Gasteiger partial charge on any atom is 0.264 e. The van der Waals surface area contributed by atoms with E-state index in [4.69, 9.17) is 4.74 Å². The lowest BCUT2D eigenvalue weighted by Gasteiger charge is -2.19. The van der Waals surface area contributed by atoms with Crippen LogP contribution in [0.5, 0.6) is 0 Å². The van der Waals surface area contributed by atoms with Crippen molar-refractivity contribution in [2.75, 3.05) is 31.1 Å². The zero-order chi connectivity index (χ0) is 19.9. The van der Waals surface area contributed by atoms with Crippen LogP contribution in [0.4, 0.5) is 5.69 Å². The van der Waals surface area contributed by atoms with Gasteiger partial charge >= 0.3 is 0 Å². The number of hydrogen-bond donors (Lipinski definition) is 1. The van der Waals surface area contributed by atoms with Crippen LogP contribution in [0.2, 0.25) is 0 Å². The van der Waals surface area contributed by atoms with Crippen molar-refractivity contribution in [2.45, 2.75) is 25.2 Å². The molecular weight excluding hydrogens is 366 g/mol. The molecule has 0 aliphatic rings. The average molecular weight is 391 g/mol. The van der Waals surface area contributed by atoms with Gasteiger partial charge in [0.05, 0.1) is 22.3 Å². The molecular formula is C19H25N3O4S. The lowest BCUT2D eigenvalue weighted by atomic mass is 10.2. The van der Waals surface area contributed by atoms with Crippen molar-refractivity contribution < 1.29 is 17.9 Å². The summed E-state index contributed by atoms with van der Waals surface area (Å²) in [6.45, 7) is 5.49. The standard InChI is InChI=1S/C19H25N3O4S/c1-4-26-11-5-10-21-19(23)16-12-17(14-20-13-16)22(3)27(24,25)18-8-6-15(2)7-9-18/h6-9,12-14H,4-5,10-11H2,1-3H3,(H,21,23). The number of rotatable bonds is 9. The second-order valence-corrected chi connectivity index (χ2v) is 7.99. The number of carbonyl (C=O) groups is 1. The van der Waals surface area contributed by atoms with Gasteiger partial charge in [-0.25, -0.2) is 8.42 Å². The predicted molar refractivity (Wildman–Crippen MR) is 104 cm³/mol. The molecule has 8 heteroatoms. The molecule has 0 fully saturated rings. The zero-order valence-electron chi connectivity index (χ0n) is 15.8. The molecule has 1 heterocycles. The highest BCUT2D eigenvalue weighted by atomic mass is 32.2. The van der Waals surface area contributed by atoms with Gasteiger partial charge < -0.3 is 10.1 Å². The number of ether oxygens (including phenoxy) is 1. The number of sulfonamides is 1. The fraction of sp³-hybridized carbons (Fsp3) is 0.368. The third-order valence-corrected chi connectivity index (χ3v) is 5.78. The number of amides is 1. The minimum atomic E-state index is -3.73. The minimum absolute atomic E-state index is 0.182. The Morgan fingerprint density at radius 1 is 1.22 bits per heavy atom. The number of nitrogens with zero attached hydrogens (tertiary/aromatic N) is 2. The summed E-state index contributed by atoms with van der Waals surface area (Å²) in [5.74, 6) is -0.304. The molecule has 1 aromatic carbocycles. The first-order chi connectivity index (χ1) is 12.9. The van der Waals surface area contributed by atoms with Gasteiger partial charge in [-0.05, 0) is 38.5 Å². The predicted octanol–water partition coefficient (Wildman–Crippen LogP) is 2.37. The van der Waals surface area contributed by atoms with Gasteiger partial charge in [-0.3, -0.25) is 14.1 Å². The summed E-state index contributed by atoms with van der Waals surface area (Å²) in [6, 6.07) is 8.11. The second-order valence-electron chi connectivity index (χ2n) is 6.02. The summed E-state index contributed by atoms with van der Waals surface area (Å²) >= 11 is 0. The molecule has 0 aliphatic carbocycles. The first-order valence-corrected chi connectivity index (χ1v) is 10.2. The Labute approximate surface area is 160 Å². The van der Waals surface area contributed by atoms with E-state index in [0.29, 0.717) is 37.4 Å². The van der Waals surface area contributed by atoms with Crippen molar-refractivity contribution in [3.8, 4) is 0 Å². The SMILES string of the molecule is CCOCCCNC(=O)c1cncc(N(C)S(=O)(=O)c2ccc(C)cc2)c1. The van der Waals surface area contributed by atoms with Crippen molar-refractivity contribution >= 4 is 21.6 Å². The fourth-order valence-electron chi connectivity index (χ4n) is 2.35. The van der Waals surface area contributed by atoms with Crippen LogP contribution >= 0.6 is 0 Å². The highest BCUT2D eigenvalue weighted by molar-refractivity contribution is 7.92. The summed E-state index contributed by atoms with van der Waals surface area (Å²) in [5, 5.41) is 2.77. The van der Waals surface area contributed by atoms with Crippen molar-refractivity contribution in [1.29, 1.82) is 0 Å². The molecule has 0 aliphatic heterocycles. The third kappa shape index (κ3) is 5.51. The highest BCUT2D eigenvalue weighted by Crippen LogP contribution is 2.22. The van der Waals surface area contributed by atoms with Crippen LogP contribution in [0.3, 0.4) is 0 Å². The summed E-state index contributed by atoms with van der Waals surface area (Å²) in [4.78, 5) is 16.4. The van der Waals surface area contributed by atoms with Crippen LogP contribution in [-0.2, 0) is 14.8 Å². The van der Waals surface area contributed by atoms with Crippen LogP contribution in [0.15, 0.2) is 47.6 Å². The Bertz CT molecular complexity index is 867. The van der Waals surface area contributed by atoms with Gasteiger partial charge in [0, 0.05) is 33.0 Å².